The third-order valence-electron chi connectivity index (χ3n) is 9.29. The van der Waals surface area contributed by atoms with E-state index in [1.165, 1.54) is 0 Å². The minimum absolute atomic E-state index is 0.00777. The van der Waals surface area contributed by atoms with E-state index in [9.17, 15) is 27.4 Å². The third kappa shape index (κ3) is 17.6. The molecule has 1 rings (SSSR count). The first-order valence-electron chi connectivity index (χ1n) is 21.1. The Hall–Kier alpha value is -0.260. The molecule has 0 fully saturated rings. The van der Waals surface area contributed by atoms with Crippen LogP contribution in [-0.4, -0.2) is 87.3 Å². The van der Waals surface area contributed by atoms with Gasteiger partial charge in [0, 0.05) is 0 Å². The Kier molecular flexibility index (Phi) is 27.5. The molecule has 24 heteroatoms. The van der Waals surface area contributed by atoms with Gasteiger partial charge in [-0.2, -0.15) is 0 Å². The Labute approximate surface area is 359 Å². The summed E-state index contributed by atoms with van der Waals surface area (Å²) in [4.78, 5) is 0. The van der Waals surface area contributed by atoms with Gasteiger partial charge in [0.1, 0.15) is 25.0 Å². The lowest BCUT2D eigenvalue weighted by Crippen LogP contribution is -2.31. The Morgan fingerprint density at radius 3 is 1.63 bits per heavy atom. The monoisotopic (exact) mass is 980 g/mol. The molecule has 1 heterocycles. The molecule has 356 valence electrons. The Balaban J connectivity index is 3.88. The second-order valence-electron chi connectivity index (χ2n) is 13.6. The van der Waals surface area contributed by atoms with Crippen molar-refractivity contribution in [1.29, 1.82) is 0 Å². The smallest absolute Gasteiger partial charge is 0.382 e. The van der Waals surface area contributed by atoms with Crippen LogP contribution in [0.1, 0.15) is 121 Å². The van der Waals surface area contributed by atoms with Crippen LogP contribution in [0.15, 0.2) is 25.0 Å². The molecule has 0 aromatic carbocycles. The van der Waals surface area contributed by atoms with E-state index >= 15 is 0 Å². The molecule has 60 heavy (non-hydrogen) atoms. The molecule has 18 nitrogen and oxygen atoms in total. The highest BCUT2D eigenvalue weighted by molar-refractivity contribution is 7.59. The second kappa shape index (κ2) is 28.6. The molecule has 9 unspecified atom stereocenters. The zero-order chi connectivity index (χ0) is 45.5. The summed E-state index contributed by atoms with van der Waals surface area (Å²) < 4.78 is 154. The fourth-order valence-corrected chi connectivity index (χ4v) is 19.9. The van der Waals surface area contributed by atoms with Crippen molar-refractivity contribution in [2.75, 3.05) is 59.0 Å². The highest BCUT2D eigenvalue weighted by Crippen LogP contribution is 2.68. The minimum atomic E-state index is -4.30. The first kappa shape index (κ1) is 57.8. The van der Waals surface area contributed by atoms with E-state index in [1.54, 1.807) is 69.2 Å². The van der Waals surface area contributed by atoms with E-state index in [2.05, 4.69) is 0 Å². The van der Waals surface area contributed by atoms with Gasteiger partial charge in [-0.05, 0) is 101 Å². The molecule has 0 aromatic rings. The second-order valence-corrected chi connectivity index (χ2v) is 27.3. The summed E-state index contributed by atoms with van der Waals surface area (Å²) in [7, 11) is -24.0. The maximum Gasteiger partial charge on any atom is 0.382 e. The van der Waals surface area contributed by atoms with Crippen molar-refractivity contribution in [2.24, 2.45) is 0 Å². The highest BCUT2D eigenvalue weighted by atomic mass is 31.2. The molecule has 0 radical (unpaired) electrons. The first-order valence-corrected chi connectivity index (χ1v) is 30.9. The molecule has 0 bridgehead atoms. The summed E-state index contributed by atoms with van der Waals surface area (Å²) in [6.45, 7) is 18.7. The normalized spacial score (nSPS) is 26.8. The van der Waals surface area contributed by atoms with Gasteiger partial charge in [0.05, 0.1) is 87.3 Å². The summed E-state index contributed by atoms with van der Waals surface area (Å²) in [5, 5.41) is 0. The topological polar surface area (TPSA) is 213 Å². The molecule has 9 atom stereocenters. The predicted molar refractivity (Wildman–Crippen MR) is 234 cm³/mol. The highest BCUT2D eigenvalue weighted by Gasteiger charge is 2.52. The van der Waals surface area contributed by atoms with Crippen molar-refractivity contribution < 1.29 is 81.7 Å². The third-order valence-corrected chi connectivity index (χ3v) is 24.2. The lowest BCUT2D eigenvalue weighted by Gasteiger charge is -2.36. The number of hydrogen-bond acceptors (Lipinski definition) is 18. The van der Waals surface area contributed by atoms with Crippen molar-refractivity contribution in [1.82, 2.24) is 0 Å². The summed E-state index contributed by atoms with van der Waals surface area (Å²) in [5.74, 6) is 0. The van der Waals surface area contributed by atoms with Crippen molar-refractivity contribution in [2.45, 2.75) is 149 Å². The largest absolute Gasteiger partial charge is 0.429 e. The number of rotatable bonds is 31. The molecule has 0 spiro atoms. The van der Waals surface area contributed by atoms with Crippen LogP contribution in [0.5, 0.6) is 0 Å². The van der Waals surface area contributed by atoms with Gasteiger partial charge in [0.15, 0.2) is 0 Å². The maximum absolute atomic E-state index is 15.0. The summed E-state index contributed by atoms with van der Waals surface area (Å²) in [6.07, 6.45) is 4.99. The van der Waals surface area contributed by atoms with Gasteiger partial charge in [0.2, 0.25) is 0 Å². The van der Waals surface area contributed by atoms with E-state index < -0.39 is 80.0 Å². The molecule has 0 aliphatic carbocycles. The Morgan fingerprint density at radius 2 is 1.13 bits per heavy atom. The molecule has 0 N–H and O–H groups in total. The molecule has 0 saturated heterocycles. The molecular formula is C36H74O18P6. The molecule has 1 aliphatic rings. The van der Waals surface area contributed by atoms with Crippen molar-refractivity contribution in [3.05, 3.63) is 25.0 Å². The molecule has 1 aliphatic heterocycles. The lowest BCUT2D eigenvalue weighted by atomic mass is 10.1. The maximum atomic E-state index is 15.0. The fraction of sp³-hybridized carbons (Fsp3) is 0.889. The van der Waals surface area contributed by atoms with Gasteiger partial charge in [-0.25, -0.2) is 18.3 Å². The van der Waals surface area contributed by atoms with Gasteiger partial charge in [-0.3, -0.25) is 27.2 Å². The van der Waals surface area contributed by atoms with E-state index in [-0.39, 0.29) is 85.0 Å². The standard InChI is InChI=1S/C36H74O18P6/c1-12-22-32(10)56(38,45-15-4)51-27-29-53-58(40,47-17-6)34(31-55(37,43-13-2)44-14-3)23-21-24-35-36(59(41,48-18-7)49-19-8)26-25-33(11)57(39,46-16-5)52-28-30-54-60(35,42)50-20-9/h27-30,32-36H,12-26,31H2,1-11H3/b29-27-,30-28-. The molecular weight excluding hydrogens is 906 g/mol. The molecule has 0 amide bonds. The predicted octanol–water partition coefficient (Wildman–Crippen LogP) is 13.1. The van der Waals surface area contributed by atoms with E-state index in [0.717, 1.165) is 31.5 Å². The summed E-state index contributed by atoms with van der Waals surface area (Å²) in [6, 6.07) is 0. The zero-order valence-electron chi connectivity index (χ0n) is 37.5. The molecule has 0 saturated carbocycles. The average molecular weight is 981 g/mol. The van der Waals surface area contributed by atoms with E-state index in [1.807, 2.05) is 6.92 Å². The zero-order valence-corrected chi connectivity index (χ0v) is 42.9. The van der Waals surface area contributed by atoms with Crippen LogP contribution in [0.2, 0.25) is 0 Å². The van der Waals surface area contributed by atoms with Crippen LogP contribution < -0.4 is 0 Å². The van der Waals surface area contributed by atoms with Gasteiger partial charge < -0.3 is 36.2 Å². The molecule has 0 aromatic heterocycles. The van der Waals surface area contributed by atoms with Gasteiger partial charge in [0.25, 0.3) is 0 Å². The van der Waals surface area contributed by atoms with Crippen molar-refractivity contribution >= 4 is 45.6 Å². The number of hydrogen-bond donors (Lipinski definition) is 0. The quantitative estimate of drug-likeness (QED) is 0.0466. The van der Waals surface area contributed by atoms with Crippen molar-refractivity contribution in [3.63, 3.8) is 0 Å². The Bertz CT molecular complexity index is 1560. The van der Waals surface area contributed by atoms with Gasteiger partial charge in [-0.15, -0.1) is 0 Å². The van der Waals surface area contributed by atoms with Crippen molar-refractivity contribution in [3.8, 4) is 0 Å². The van der Waals surface area contributed by atoms with Crippen LogP contribution in [0, 0.1) is 0 Å². The van der Waals surface area contributed by atoms with Crippen LogP contribution in [0.4, 0.5) is 0 Å². The minimum Gasteiger partial charge on any atom is -0.429 e. The SMILES string of the molecule is CCCC(C)P(=O)(O/C=C\OP(=O)(OCC)C(CCCC1C(P(=O)(OCC)OCC)CCC(C)P(=O)(OCC)O/C=C\OP1(=O)OCC)CP(=O)(OCC)OCC)OCC. The van der Waals surface area contributed by atoms with Crippen LogP contribution >= 0.6 is 45.6 Å². The van der Waals surface area contributed by atoms with Gasteiger partial charge >= 0.3 is 45.6 Å². The lowest BCUT2D eigenvalue weighted by molar-refractivity contribution is 0.201. The first-order chi connectivity index (χ1) is 28.3. The Morgan fingerprint density at radius 1 is 0.650 bits per heavy atom. The van der Waals surface area contributed by atoms with Crippen LogP contribution in [-0.2, 0) is 81.7 Å². The summed E-state index contributed by atoms with van der Waals surface area (Å²) >= 11 is 0. The average Bonchev–Trinajstić information content (AvgIpc) is 3.19. The van der Waals surface area contributed by atoms with E-state index in [0.29, 0.717) is 6.42 Å². The van der Waals surface area contributed by atoms with E-state index in [4.69, 9.17) is 54.3 Å². The fourth-order valence-electron chi connectivity index (χ4n) is 6.67. The van der Waals surface area contributed by atoms with Gasteiger partial charge in [-0.1, -0.05) is 19.8 Å². The van der Waals surface area contributed by atoms with Crippen LogP contribution in [0.3, 0.4) is 0 Å². The summed E-state index contributed by atoms with van der Waals surface area (Å²) in [5.41, 5.74) is -4.59. The van der Waals surface area contributed by atoms with Crippen LogP contribution in [0.25, 0.3) is 0 Å².